The zero-order valence-corrected chi connectivity index (χ0v) is 12.7. The summed E-state index contributed by atoms with van der Waals surface area (Å²) in [6.45, 7) is 4.72. The summed E-state index contributed by atoms with van der Waals surface area (Å²) >= 11 is 0. The van der Waals surface area contributed by atoms with Crippen LogP contribution in [0.1, 0.15) is 43.9 Å². The first-order valence-corrected chi connectivity index (χ1v) is 7.24. The van der Waals surface area contributed by atoms with E-state index in [1.165, 1.54) is 0 Å². The smallest absolute Gasteiger partial charge is 0.246 e. The Kier molecular flexibility index (Phi) is 8.18. The summed E-state index contributed by atoms with van der Waals surface area (Å²) in [6, 6.07) is 7.65. The van der Waals surface area contributed by atoms with E-state index in [0.717, 1.165) is 17.5 Å². The Morgan fingerprint density at radius 2 is 2.10 bits per heavy atom. The molecule has 0 fully saturated rings. The summed E-state index contributed by atoms with van der Waals surface area (Å²) < 4.78 is 5.20. The minimum absolute atomic E-state index is 0.0674. The van der Waals surface area contributed by atoms with E-state index in [4.69, 9.17) is 9.84 Å². The molecule has 2 N–H and O–H groups in total. The lowest BCUT2D eigenvalue weighted by Crippen LogP contribution is -2.30. The Balaban J connectivity index is 2.49. The third-order valence-electron chi connectivity index (χ3n) is 2.84. The van der Waals surface area contributed by atoms with Crippen LogP contribution in [0.15, 0.2) is 24.3 Å². The quantitative estimate of drug-likeness (QED) is 0.596. The molecule has 1 aromatic rings. The van der Waals surface area contributed by atoms with Gasteiger partial charge in [0.1, 0.15) is 6.61 Å². The van der Waals surface area contributed by atoms with Gasteiger partial charge in [-0.1, -0.05) is 30.9 Å². The molecule has 0 saturated carbocycles. The Morgan fingerprint density at radius 1 is 1.38 bits per heavy atom. The molecule has 1 aromatic carbocycles. The van der Waals surface area contributed by atoms with Crippen LogP contribution in [0.25, 0.3) is 0 Å². The average Bonchev–Trinajstić information content (AvgIpc) is 2.48. The van der Waals surface area contributed by atoms with Gasteiger partial charge in [-0.05, 0) is 31.0 Å². The molecular weight excluding hydrogens is 266 g/mol. The zero-order chi connectivity index (χ0) is 15.5. The average molecular weight is 289 g/mol. The van der Waals surface area contributed by atoms with Crippen molar-refractivity contribution in [2.45, 2.75) is 32.7 Å². The molecule has 21 heavy (non-hydrogen) atoms. The second kappa shape index (κ2) is 9.98. The number of ether oxygens (including phenoxy) is 1. The predicted octanol–water partition coefficient (Wildman–Crippen LogP) is 2.02. The van der Waals surface area contributed by atoms with E-state index in [1.54, 1.807) is 0 Å². The fraction of sp³-hybridized carbons (Fsp3) is 0.471. The highest BCUT2D eigenvalue weighted by molar-refractivity contribution is 5.77. The van der Waals surface area contributed by atoms with Gasteiger partial charge in [-0.25, -0.2) is 0 Å². The van der Waals surface area contributed by atoms with Crippen LogP contribution in [0, 0.1) is 11.8 Å². The lowest BCUT2D eigenvalue weighted by Gasteiger charge is -2.14. The third kappa shape index (κ3) is 6.94. The van der Waals surface area contributed by atoms with Crippen molar-refractivity contribution in [1.82, 2.24) is 5.32 Å². The van der Waals surface area contributed by atoms with Crippen molar-refractivity contribution in [3.05, 3.63) is 35.4 Å². The van der Waals surface area contributed by atoms with Gasteiger partial charge in [-0.15, -0.1) is 0 Å². The fourth-order valence-corrected chi connectivity index (χ4v) is 1.75. The molecule has 0 aliphatic heterocycles. The molecule has 1 rings (SSSR count). The Bertz CT molecular complexity index is 485. The highest BCUT2D eigenvalue weighted by atomic mass is 16.5. The summed E-state index contributed by atoms with van der Waals surface area (Å²) in [6.07, 6.45) is 1.38. The Labute approximate surface area is 126 Å². The SMILES string of the molecule is CCCOCC(=O)NC(C)c1ccc(C#CCCO)cc1. The highest BCUT2D eigenvalue weighted by Crippen LogP contribution is 2.13. The standard InChI is InChI=1S/C17H23NO3/c1-3-12-21-13-17(20)18-14(2)16-9-7-15(8-10-16)6-4-5-11-19/h7-10,14,19H,3,5,11-13H2,1-2H3,(H,18,20). The normalized spacial score (nSPS) is 11.4. The lowest BCUT2D eigenvalue weighted by atomic mass is 10.1. The molecule has 0 radical (unpaired) electrons. The highest BCUT2D eigenvalue weighted by Gasteiger charge is 2.09. The number of hydrogen-bond acceptors (Lipinski definition) is 3. The minimum Gasteiger partial charge on any atom is -0.395 e. The molecule has 114 valence electrons. The number of carbonyl (C=O) groups excluding carboxylic acids is 1. The van der Waals surface area contributed by atoms with Gasteiger partial charge in [0.25, 0.3) is 0 Å². The van der Waals surface area contributed by atoms with Crippen molar-refractivity contribution in [2.75, 3.05) is 19.8 Å². The number of benzene rings is 1. The summed E-state index contributed by atoms with van der Waals surface area (Å²) in [5, 5.41) is 11.6. The monoisotopic (exact) mass is 289 g/mol. The van der Waals surface area contributed by atoms with E-state index < -0.39 is 0 Å². The van der Waals surface area contributed by atoms with E-state index in [0.29, 0.717) is 13.0 Å². The fourth-order valence-electron chi connectivity index (χ4n) is 1.75. The van der Waals surface area contributed by atoms with Crippen LogP contribution in [0.3, 0.4) is 0 Å². The third-order valence-corrected chi connectivity index (χ3v) is 2.84. The van der Waals surface area contributed by atoms with E-state index >= 15 is 0 Å². The van der Waals surface area contributed by atoms with E-state index in [2.05, 4.69) is 17.2 Å². The molecule has 4 heteroatoms. The molecule has 4 nitrogen and oxygen atoms in total. The minimum atomic E-state index is -0.109. The number of rotatable bonds is 7. The molecule has 1 amide bonds. The zero-order valence-electron chi connectivity index (χ0n) is 12.7. The number of amides is 1. The van der Waals surface area contributed by atoms with Crippen molar-refractivity contribution in [2.24, 2.45) is 0 Å². The summed E-state index contributed by atoms with van der Waals surface area (Å²) in [7, 11) is 0. The molecule has 1 atom stereocenters. The molecule has 1 unspecified atom stereocenters. The predicted molar refractivity (Wildman–Crippen MR) is 82.7 cm³/mol. The maximum atomic E-state index is 11.7. The molecule has 0 spiro atoms. The molecule has 0 saturated heterocycles. The number of aliphatic hydroxyl groups excluding tert-OH is 1. The van der Waals surface area contributed by atoms with Crippen LogP contribution in [-0.2, 0) is 9.53 Å². The lowest BCUT2D eigenvalue weighted by molar-refractivity contribution is -0.126. The second-order valence-corrected chi connectivity index (χ2v) is 4.74. The van der Waals surface area contributed by atoms with Crippen molar-refractivity contribution >= 4 is 5.91 Å². The van der Waals surface area contributed by atoms with Gasteiger partial charge in [0.15, 0.2) is 0 Å². The van der Waals surface area contributed by atoms with Gasteiger partial charge in [-0.2, -0.15) is 0 Å². The first kappa shape index (κ1) is 17.2. The number of hydrogen-bond donors (Lipinski definition) is 2. The van der Waals surface area contributed by atoms with E-state index in [9.17, 15) is 4.79 Å². The van der Waals surface area contributed by atoms with Crippen molar-refractivity contribution in [1.29, 1.82) is 0 Å². The van der Waals surface area contributed by atoms with Crippen molar-refractivity contribution in [3.8, 4) is 11.8 Å². The molecular formula is C17H23NO3. The van der Waals surface area contributed by atoms with Gasteiger partial charge in [0.05, 0.1) is 12.6 Å². The van der Waals surface area contributed by atoms with Crippen molar-refractivity contribution in [3.63, 3.8) is 0 Å². The summed E-state index contributed by atoms with van der Waals surface area (Å²) in [5.41, 5.74) is 1.92. The van der Waals surface area contributed by atoms with Gasteiger partial charge in [0, 0.05) is 18.6 Å². The molecule has 0 aliphatic rings. The topological polar surface area (TPSA) is 58.6 Å². The van der Waals surface area contributed by atoms with Gasteiger partial charge in [-0.3, -0.25) is 4.79 Å². The van der Waals surface area contributed by atoms with E-state index in [-0.39, 0.29) is 25.2 Å². The Hall–Kier alpha value is -1.83. The number of aliphatic hydroxyl groups is 1. The Morgan fingerprint density at radius 3 is 2.71 bits per heavy atom. The van der Waals surface area contributed by atoms with Crippen LogP contribution in [0.5, 0.6) is 0 Å². The number of nitrogens with one attached hydrogen (secondary N) is 1. The van der Waals surface area contributed by atoms with E-state index in [1.807, 2.05) is 38.1 Å². The van der Waals surface area contributed by atoms with Crippen molar-refractivity contribution < 1.29 is 14.6 Å². The number of carbonyl (C=O) groups is 1. The first-order chi connectivity index (χ1) is 10.2. The summed E-state index contributed by atoms with van der Waals surface area (Å²) in [4.78, 5) is 11.7. The maximum absolute atomic E-state index is 11.7. The van der Waals surface area contributed by atoms with Crippen LogP contribution in [-0.4, -0.2) is 30.8 Å². The molecule has 0 aromatic heterocycles. The van der Waals surface area contributed by atoms with Gasteiger partial charge in [0.2, 0.25) is 5.91 Å². The van der Waals surface area contributed by atoms with Crippen LogP contribution in [0.2, 0.25) is 0 Å². The van der Waals surface area contributed by atoms with Crippen LogP contribution in [0.4, 0.5) is 0 Å². The maximum Gasteiger partial charge on any atom is 0.246 e. The van der Waals surface area contributed by atoms with Gasteiger partial charge < -0.3 is 15.2 Å². The first-order valence-electron chi connectivity index (χ1n) is 7.24. The van der Waals surface area contributed by atoms with Gasteiger partial charge >= 0.3 is 0 Å². The molecule has 0 aliphatic carbocycles. The largest absolute Gasteiger partial charge is 0.395 e. The second-order valence-electron chi connectivity index (χ2n) is 4.74. The molecule has 0 heterocycles. The van der Waals surface area contributed by atoms with Crippen LogP contribution < -0.4 is 5.32 Å². The summed E-state index contributed by atoms with van der Waals surface area (Å²) in [5.74, 6) is 5.74. The van der Waals surface area contributed by atoms with Crippen LogP contribution >= 0.6 is 0 Å². The molecule has 0 bridgehead atoms.